The summed E-state index contributed by atoms with van der Waals surface area (Å²) < 4.78 is 68.1. The van der Waals surface area contributed by atoms with E-state index in [2.05, 4.69) is 41.5 Å². The molecule has 0 aromatic heterocycles. The number of ether oxygens (including phenoxy) is 4. The van der Waals surface area contributed by atoms with Crippen LogP contribution in [0.5, 0.6) is 0 Å². The molecule has 0 amide bonds. The number of hydrogen-bond acceptors (Lipinski definition) is 15. The maximum absolute atomic E-state index is 13.0. The Morgan fingerprint density at radius 3 is 0.800 bits per heavy atom. The van der Waals surface area contributed by atoms with Crippen molar-refractivity contribution in [2.24, 2.45) is 11.8 Å². The normalized spacial score (nSPS) is 14.2. The van der Waals surface area contributed by atoms with Gasteiger partial charge in [-0.3, -0.25) is 37.3 Å². The van der Waals surface area contributed by atoms with Crippen LogP contribution in [0.4, 0.5) is 0 Å². The van der Waals surface area contributed by atoms with Crippen LogP contribution in [0.15, 0.2) is 0 Å². The topological polar surface area (TPSA) is 237 Å². The van der Waals surface area contributed by atoms with Crippen molar-refractivity contribution in [1.82, 2.24) is 0 Å². The van der Waals surface area contributed by atoms with Gasteiger partial charge in [0.15, 0.2) is 12.2 Å². The van der Waals surface area contributed by atoms with Crippen LogP contribution < -0.4 is 0 Å². The Kier molecular flexibility index (Phi) is 57.1. The minimum atomic E-state index is -4.95. The van der Waals surface area contributed by atoms with Crippen molar-refractivity contribution in [3.63, 3.8) is 0 Å². The molecule has 0 aliphatic heterocycles. The highest BCUT2D eigenvalue weighted by Gasteiger charge is 2.30. The van der Waals surface area contributed by atoms with Crippen LogP contribution in [0.1, 0.15) is 330 Å². The summed E-state index contributed by atoms with van der Waals surface area (Å²) in [4.78, 5) is 72.3. The molecule has 0 saturated carbocycles. The first kappa shape index (κ1) is 83.1. The Morgan fingerprint density at radius 2 is 0.541 bits per heavy atom. The first-order chi connectivity index (χ1) is 40.9. The average molecular weight is 1260 g/mol. The second kappa shape index (κ2) is 58.4. The highest BCUT2D eigenvalue weighted by Crippen LogP contribution is 2.45. The number of phosphoric acid groups is 2. The summed E-state index contributed by atoms with van der Waals surface area (Å²) in [6.45, 7) is 9.43. The summed E-state index contributed by atoms with van der Waals surface area (Å²) in [5.41, 5.74) is 0. The van der Waals surface area contributed by atoms with Crippen LogP contribution in [0.2, 0.25) is 0 Å². The van der Waals surface area contributed by atoms with Gasteiger partial charge in [-0.1, -0.05) is 279 Å². The Labute approximate surface area is 517 Å². The van der Waals surface area contributed by atoms with Gasteiger partial charge in [0.2, 0.25) is 0 Å². The van der Waals surface area contributed by atoms with Gasteiger partial charge in [-0.2, -0.15) is 0 Å². The van der Waals surface area contributed by atoms with Crippen LogP contribution in [0.25, 0.3) is 0 Å². The summed E-state index contributed by atoms with van der Waals surface area (Å²) in [5.74, 6) is -0.686. The Balaban J connectivity index is 5.25. The molecule has 0 saturated heterocycles. The molecule has 0 fully saturated rings. The van der Waals surface area contributed by atoms with E-state index in [1.54, 1.807) is 0 Å². The molecule has 504 valence electrons. The molecule has 5 atom stereocenters. The average Bonchev–Trinajstić information content (AvgIpc) is 3.53. The van der Waals surface area contributed by atoms with E-state index in [1.165, 1.54) is 148 Å². The summed E-state index contributed by atoms with van der Waals surface area (Å²) in [7, 11) is -9.89. The van der Waals surface area contributed by atoms with Crippen LogP contribution in [-0.2, 0) is 65.4 Å². The second-order valence-electron chi connectivity index (χ2n) is 24.8. The third-order valence-electron chi connectivity index (χ3n) is 15.2. The zero-order chi connectivity index (χ0) is 62.9. The number of esters is 4. The van der Waals surface area contributed by atoms with E-state index in [9.17, 15) is 43.2 Å². The van der Waals surface area contributed by atoms with Gasteiger partial charge in [-0.25, -0.2) is 9.13 Å². The molecule has 19 heteroatoms. The summed E-state index contributed by atoms with van der Waals surface area (Å²) in [6, 6.07) is 0. The molecule has 0 rings (SSSR count). The van der Waals surface area contributed by atoms with Crippen LogP contribution in [0, 0.1) is 11.8 Å². The third-order valence-corrected chi connectivity index (χ3v) is 17.1. The number of hydrogen-bond donors (Lipinski definition) is 3. The second-order valence-corrected chi connectivity index (χ2v) is 27.7. The van der Waals surface area contributed by atoms with Gasteiger partial charge in [0.1, 0.15) is 19.3 Å². The van der Waals surface area contributed by atoms with Crippen molar-refractivity contribution in [3.8, 4) is 0 Å². The van der Waals surface area contributed by atoms with E-state index >= 15 is 0 Å². The van der Waals surface area contributed by atoms with Gasteiger partial charge in [-0.05, 0) is 37.5 Å². The quantitative estimate of drug-likeness (QED) is 0.0222. The monoisotopic (exact) mass is 1250 g/mol. The Hall–Kier alpha value is -1.94. The largest absolute Gasteiger partial charge is 0.472 e. The molecule has 3 N–H and O–H groups in total. The zero-order valence-corrected chi connectivity index (χ0v) is 56.7. The molecule has 0 aliphatic rings. The molecule has 0 radical (unpaired) electrons. The van der Waals surface area contributed by atoms with Crippen LogP contribution in [-0.4, -0.2) is 96.7 Å². The van der Waals surface area contributed by atoms with Gasteiger partial charge < -0.3 is 33.8 Å². The fourth-order valence-corrected chi connectivity index (χ4v) is 11.5. The number of carbonyl (C=O) groups is 4. The number of aliphatic hydroxyl groups excluding tert-OH is 1. The van der Waals surface area contributed by atoms with Crippen molar-refractivity contribution in [2.75, 3.05) is 39.6 Å². The lowest BCUT2D eigenvalue weighted by atomic mass is 10.0. The molecule has 0 aromatic rings. The zero-order valence-electron chi connectivity index (χ0n) is 54.9. The highest BCUT2D eigenvalue weighted by molar-refractivity contribution is 7.47. The number of rotatable bonds is 65. The number of unbranched alkanes of at least 4 members (excludes halogenated alkanes) is 35. The lowest BCUT2D eigenvalue weighted by Gasteiger charge is -2.21. The molecule has 0 spiro atoms. The van der Waals surface area contributed by atoms with Crippen LogP contribution >= 0.6 is 15.6 Å². The van der Waals surface area contributed by atoms with Gasteiger partial charge in [-0.15, -0.1) is 0 Å². The molecule has 0 aromatic carbocycles. The van der Waals surface area contributed by atoms with Crippen molar-refractivity contribution in [2.45, 2.75) is 349 Å². The molecule has 85 heavy (non-hydrogen) atoms. The lowest BCUT2D eigenvalue weighted by Crippen LogP contribution is -2.30. The molecule has 0 heterocycles. The standard InChI is InChI=1S/C66H128O17P2/c1-7-9-11-13-15-17-19-20-21-23-32-38-44-50-65(70)82-61(55-77-64(69)49-43-37-31-26-24-28-34-40-46-58(3)4)56-80-84(72,73)78-52-60(67)53-79-85(74,75)81-57-62(54-76-63(68)48-42-36-30-22-18-16-14-12-10-8-2)83-66(71)51-45-39-33-27-25-29-35-41-47-59(5)6/h58-62,67H,7-57H2,1-6H3,(H,72,73)(H,74,75)/t60-,61-,62-/m1/s1. The van der Waals surface area contributed by atoms with E-state index < -0.39 is 97.5 Å². The van der Waals surface area contributed by atoms with Crippen LogP contribution in [0.3, 0.4) is 0 Å². The number of phosphoric ester groups is 2. The number of carbonyl (C=O) groups excluding carboxylic acids is 4. The smallest absolute Gasteiger partial charge is 0.462 e. The van der Waals surface area contributed by atoms with Gasteiger partial charge >= 0.3 is 39.5 Å². The predicted octanol–water partition coefficient (Wildman–Crippen LogP) is 18.4. The maximum Gasteiger partial charge on any atom is 0.472 e. The fourth-order valence-electron chi connectivity index (χ4n) is 9.88. The Bertz CT molecular complexity index is 1670. The molecular formula is C66H128O17P2. The third kappa shape index (κ3) is 60.7. The SMILES string of the molecule is CCCCCCCCCCCCCCCC(=O)O[C@H](COC(=O)CCCCCCCCCCC(C)C)COP(=O)(O)OC[C@@H](O)COP(=O)(O)OC[C@@H](COC(=O)CCCCCCCCCCCC)OC(=O)CCCCCCCCCCC(C)C. The van der Waals surface area contributed by atoms with Crippen molar-refractivity contribution in [1.29, 1.82) is 0 Å². The molecular weight excluding hydrogens is 1130 g/mol. The van der Waals surface area contributed by atoms with Crippen molar-refractivity contribution in [3.05, 3.63) is 0 Å². The summed E-state index contributed by atoms with van der Waals surface area (Å²) >= 11 is 0. The van der Waals surface area contributed by atoms with Gasteiger partial charge in [0.25, 0.3) is 0 Å². The molecule has 17 nitrogen and oxygen atoms in total. The summed E-state index contributed by atoms with van der Waals surface area (Å²) in [5, 5.41) is 10.6. The van der Waals surface area contributed by atoms with E-state index in [0.29, 0.717) is 25.7 Å². The minimum Gasteiger partial charge on any atom is -0.462 e. The lowest BCUT2D eigenvalue weighted by molar-refractivity contribution is -0.161. The number of aliphatic hydroxyl groups is 1. The first-order valence-corrected chi connectivity index (χ1v) is 37.5. The highest BCUT2D eigenvalue weighted by atomic mass is 31.2. The Morgan fingerprint density at radius 1 is 0.318 bits per heavy atom. The van der Waals surface area contributed by atoms with E-state index in [0.717, 1.165) is 102 Å². The minimum absolute atomic E-state index is 0.104. The summed E-state index contributed by atoms with van der Waals surface area (Å²) in [6.07, 6.45) is 41.6. The van der Waals surface area contributed by atoms with E-state index in [4.69, 9.17) is 37.0 Å². The predicted molar refractivity (Wildman–Crippen MR) is 340 cm³/mol. The molecule has 0 aliphatic carbocycles. The maximum atomic E-state index is 13.0. The first-order valence-electron chi connectivity index (χ1n) is 34.5. The van der Waals surface area contributed by atoms with Crippen molar-refractivity contribution >= 4 is 39.5 Å². The van der Waals surface area contributed by atoms with Crippen molar-refractivity contribution < 1.29 is 80.2 Å². The van der Waals surface area contributed by atoms with Gasteiger partial charge in [0.05, 0.1) is 26.4 Å². The molecule has 2 unspecified atom stereocenters. The fraction of sp³-hybridized carbons (Fsp3) is 0.939. The van der Waals surface area contributed by atoms with E-state index in [-0.39, 0.29) is 25.7 Å². The molecule has 0 bridgehead atoms. The van der Waals surface area contributed by atoms with Gasteiger partial charge in [0, 0.05) is 25.7 Å². The van der Waals surface area contributed by atoms with E-state index in [1.807, 2.05) is 0 Å².